The second-order valence-corrected chi connectivity index (χ2v) is 8.27. The van der Waals surface area contributed by atoms with E-state index in [1.54, 1.807) is 6.92 Å². The summed E-state index contributed by atoms with van der Waals surface area (Å²) in [4.78, 5) is 44.3. The minimum atomic E-state index is -0.724. The second kappa shape index (κ2) is 10.1. The predicted octanol–water partition coefficient (Wildman–Crippen LogP) is 1.06. The van der Waals surface area contributed by atoms with Crippen LogP contribution >= 0.6 is 0 Å². The van der Waals surface area contributed by atoms with Gasteiger partial charge in [-0.1, -0.05) is 12.1 Å². The number of amides is 1. The van der Waals surface area contributed by atoms with Gasteiger partial charge in [-0.3, -0.25) is 14.2 Å². The zero-order chi connectivity index (χ0) is 24.2. The SMILES string of the molecule is CCn1c(=O)c(-c2noc(C(=O)NCCN3CCC(C)CC3)n2)nn(-c2ccc(F)cc2)c1=O. The number of benzene rings is 1. The number of nitrogens with zero attached hydrogens (tertiary/aromatic N) is 6. The lowest BCUT2D eigenvalue weighted by molar-refractivity contribution is 0.0901. The second-order valence-electron chi connectivity index (χ2n) is 8.27. The predicted molar refractivity (Wildman–Crippen MR) is 120 cm³/mol. The molecule has 12 heteroatoms. The zero-order valence-electron chi connectivity index (χ0n) is 19.0. The zero-order valence-corrected chi connectivity index (χ0v) is 19.0. The number of hydrogen-bond donors (Lipinski definition) is 1. The van der Waals surface area contributed by atoms with Crippen LogP contribution in [0.1, 0.15) is 37.4 Å². The van der Waals surface area contributed by atoms with Gasteiger partial charge in [0.15, 0.2) is 5.69 Å². The van der Waals surface area contributed by atoms with Crippen molar-refractivity contribution in [3.63, 3.8) is 0 Å². The first-order valence-corrected chi connectivity index (χ1v) is 11.2. The molecule has 0 radical (unpaired) electrons. The van der Waals surface area contributed by atoms with E-state index in [0.717, 1.165) is 41.1 Å². The number of piperidine rings is 1. The summed E-state index contributed by atoms with van der Waals surface area (Å²) in [6, 6.07) is 5.06. The first-order valence-electron chi connectivity index (χ1n) is 11.2. The molecule has 1 aliphatic heterocycles. The highest BCUT2D eigenvalue weighted by molar-refractivity contribution is 5.89. The Bertz CT molecular complexity index is 1270. The van der Waals surface area contributed by atoms with Crippen LogP contribution in [0.4, 0.5) is 4.39 Å². The number of nitrogens with one attached hydrogen (secondary N) is 1. The minimum Gasteiger partial charge on any atom is -0.347 e. The van der Waals surface area contributed by atoms with Crippen LogP contribution in [-0.2, 0) is 6.54 Å². The van der Waals surface area contributed by atoms with Crippen molar-refractivity contribution >= 4 is 5.91 Å². The topological polar surface area (TPSA) is 128 Å². The van der Waals surface area contributed by atoms with Gasteiger partial charge >= 0.3 is 17.5 Å². The lowest BCUT2D eigenvalue weighted by Crippen LogP contribution is -2.41. The standard InChI is InChI=1S/C22H26FN7O4/c1-3-29-21(32)17(26-30(22(29)33)16-6-4-15(23)5-7-16)18-25-20(34-27-18)19(31)24-10-13-28-11-8-14(2)9-12-28/h4-7,14H,3,8-13H2,1-2H3,(H,24,31). The van der Waals surface area contributed by atoms with Crippen molar-refractivity contribution in [1.82, 2.24) is 34.7 Å². The van der Waals surface area contributed by atoms with E-state index in [2.05, 4.69) is 32.4 Å². The van der Waals surface area contributed by atoms with Gasteiger partial charge in [0.2, 0.25) is 5.82 Å². The summed E-state index contributed by atoms with van der Waals surface area (Å²) in [5.74, 6) is -0.855. The van der Waals surface area contributed by atoms with E-state index in [9.17, 15) is 18.8 Å². The molecule has 0 atom stereocenters. The third kappa shape index (κ3) is 4.96. The van der Waals surface area contributed by atoms with Crippen LogP contribution in [0.3, 0.4) is 0 Å². The van der Waals surface area contributed by atoms with Gasteiger partial charge in [-0.05, 0) is 63.0 Å². The number of hydrogen-bond acceptors (Lipinski definition) is 8. The van der Waals surface area contributed by atoms with Crippen LogP contribution in [0.2, 0.25) is 0 Å². The van der Waals surface area contributed by atoms with Crippen LogP contribution < -0.4 is 16.6 Å². The average Bonchev–Trinajstić information content (AvgIpc) is 3.32. The summed E-state index contributed by atoms with van der Waals surface area (Å²) >= 11 is 0. The molecule has 0 spiro atoms. The molecule has 0 unspecified atom stereocenters. The van der Waals surface area contributed by atoms with E-state index in [4.69, 9.17) is 4.52 Å². The molecule has 34 heavy (non-hydrogen) atoms. The van der Waals surface area contributed by atoms with Crippen LogP contribution in [0, 0.1) is 11.7 Å². The Labute approximate surface area is 194 Å². The molecule has 180 valence electrons. The van der Waals surface area contributed by atoms with Crippen molar-refractivity contribution in [2.75, 3.05) is 26.2 Å². The molecule has 0 bridgehead atoms. The van der Waals surface area contributed by atoms with E-state index in [0.29, 0.717) is 13.1 Å². The van der Waals surface area contributed by atoms with E-state index in [-0.39, 0.29) is 29.6 Å². The molecule has 4 rings (SSSR count). The van der Waals surface area contributed by atoms with Crippen molar-refractivity contribution in [3.05, 3.63) is 56.8 Å². The van der Waals surface area contributed by atoms with E-state index < -0.39 is 23.0 Å². The fourth-order valence-corrected chi connectivity index (χ4v) is 3.79. The molecule has 0 aliphatic carbocycles. The highest BCUT2D eigenvalue weighted by Gasteiger charge is 2.23. The molecule has 1 saturated heterocycles. The monoisotopic (exact) mass is 471 g/mol. The molecular weight excluding hydrogens is 445 g/mol. The maximum Gasteiger partial charge on any atom is 0.352 e. The van der Waals surface area contributed by atoms with E-state index in [1.807, 2.05) is 0 Å². The van der Waals surface area contributed by atoms with Gasteiger partial charge in [-0.2, -0.15) is 14.8 Å². The van der Waals surface area contributed by atoms with Crippen molar-refractivity contribution < 1.29 is 13.7 Å². The number of carbonyl (C=O) groups excluding carboxylic acids is 1. The highest BCUT2D eigenvalue weighted by Crippen LogP contribution is 2.15. The average molecular weight is 471 g/mol. The highest BCUT2D eigenvalue weighted by atomic mass is 19.1. The maximum atomic E-state index is 13.3. The molecule has 1 aliphatic rings. The lowest BCUT2D eigenvalue weighted by Gasteiger charge is -2.29. The smallest absolute Gasteiger partial charge is 0.347 e. The molecule has 2 aromatic heterocycles. The van der Waals surface area contributed by atoms with E-state index in [1.165, 1.54) is 24.3 Å². The fraction of sp³-hybridized carbons (Fsp3) is 0.455. The largest absolute Gasteiger partial charge is 0.352 e. The Morgan fingerprint density at radius 2 is 1.91 bits per heavy atom. The van der Waals surface area contributed by atoms with Gasteiger partial charge in [-0.25, -0.2) is 9.18 Å². The lowest BCUT2D eigenvalue weighted by atomic mass is 9.99. The van der Waals surface area contributed by atoms with Crippen molar-refractivity contribution in [3.8, 4) is 17.2 Å². The first kappa shape index (κ1) is 23.5. The number of rotatable bonds is 7. The normalized spacial score (nSPS) is 14.9. The van der Waals surface area contributed by atoms with Gasteiger partial charge in [0.1, 0.15) is 5.82 Å². The molecule has 1 amide bonds. The molecule has 3 heterocycles. The van der Waals surface area contributed by atoms with Crippen LogP contribution in [0.5, 0.6) is 0 Å². The maximum absolute atomic E-state index is 13.3. The first-order chi connectivity index (χ1) is 16.4. The minimum absolute atomic E-state index is 0.0643. The Balaban J connectivity index is 1.53. The Morgan fingerprint density at radius 3 is 2.59 bits per heavy atom. The van der Waals surface area contributed by atoms with Crippen molar-refractivity contribution in [2.45, 2.75) is 33.2 Å². The Hall–Kier alpha value is -3.67. The van der Waals surface area contributed by atoms with Gasteiger partial charge in [0.05, 0.1) is 5.69 Å². The molecule has 11 nitrogen and oxygen atoms in total. The van der Waals surface area contributed by atoms with E-state index >= 15 is 0 Å². The summed E-state index contributed by atoms with van der Waals surface area (Å²) in [5, 5.41) is 10.5. The summed E-state index contributed by atoms with van der Waals surface area (Å²) in [6.45, 7) is 7.06. The van der Waals surface area contributed by atoms with Crippen molar-refractivity contribution in [1.29, 1.82) is 0 Å². The van der Waals surface area contributed by atoms with Crippen LogP contribution in [-0.4, -0.2) is 61.5 Å². The number of halogens is 1. The molecule has 1 N–H and O–H groups in total. The summed E-state index contributed by atoms with van der Waals surface area (Å²) in [7, 11) is 0. The van der Waals surface area contributed by atoms with Gasteiger partial charge in [-0.15, -0.1) is 0 Å². The van der Waals surface area contributed by atoms with Crippen molar-refractivity contribution in [2.24, 2.45) is 5.92 Å². The molecule has 0 saturated carbocycles. The molecular formula is C22H26FN7O4. The van der Waals surface area contributed by atoms with Crippen LogP contribution in [0.25, 0.3) is 17.2 Å². The molecule has 3 aromatic rings. The molecule has 1 aromatic carbocycles. The Kier molecular flexibility index (Phi) is 6.96. The third-order valence-corrected chi connectivity index (χ3v) is 5.87. The van der Waals surface area contributed by atoms with Gasteiger partial charge < -0.3 is 14.7 Å². The Morgan fingerprint density at radius 1 is 1.21 bits per heavy atom. The summed E-state index contributed by atoms with van der Waals surface area (Å²) < 4.78 is 20.3. The summed E-state index contributed by atoms with van der Waals surface area (Å²) in [6.07, 6.45) is 2.28. The fourth-order valence-electron chi connectivity index (χ4n) is 3.79. The third-order valence-electron chi connectivity index (χ3n) is 5.87. The van der Waals surface area contributed by atoms with Gasteiger partial charge in [0.25, 0.3) is 5.56 Å². The molecule has 1 fully saturated rings. The number of likely N-dealkylation sites (tertiary alicyclic amines) is 1. The van der Waals surface area contributed by atoms with Crippen LogP contribution in [0.15, 0.2) is 38.4 Å². The quantitative estimate of drug-likeness (QED) is 0.542. The number of carbonyl (C=O) groups is 1. The van der Waals surface area contributed by atoms with Gasteiger partial charge in [0, 0.05) is 19.6 Å². The number of aromatic nitrogens is 5. The summed E-state index contributed by atoms with van der Waals surface area (Å²) in [5.41, 5.74) is -1.44.